The molecule has 2 heterocycles. The highest BCUT2D eigenvalue weighted by Crippen LogP contribution is 2.48. The molecule has 4 rings (SSSR count). The summed E-state index contributed by atoms with van der Waals surface area (Å²) in [6.07, 6.45) is 7.81. The first-order valence-electron chi connectivity index (χ1n) is 8.35. The van der Waals surface area contributed by atoms with Crippen molar-refractivity contribution in [2.75, 3.05) is 0 Å². The van der Waals surface area contributed by atoms with Gasteiger partial charge in [-0.25, -0.2) is 4.79 Å². The second-order valence-electron chi connectivity index (χ2n) is 8.09. The molecule has 2 saturated carbocycles. The van der Waals surface area contributed by atoms with Gasteiger partial charge in [0.05, 0.1) is 6.04 Å². The van der Waals surface area contributed by atoms with Crippen LogP contribution >= 0.6 is 0 Å². The maximum Gasteiger partial charge on any atom is 0.411 e. The highest BCUT2D eigenvalue weighted by Gasteiger charge is 2.50. The fourth-order valence-electron chi connectivity index (χ4n) is 4.19. The lowest BCUT2D eigenvalue weighted by Gasteiger charge is -2.53. The molecule has 1 amide bonds. The van der Waals surface area contributed by atoms with Crippen molar-refractivity contribution < 1.29 is 14.3 Å². The van der Waals surface area contributed by atoms with Gasteiger partial charge in [0.15, 0.2) is 0 Å². The van der Waals surface area contributed by atoms with E-state index in [0.717, 1.165) is 31.5 Å². The number of hydrogen-bond donors (Lipinski definition) is 0. The van der Waals surface area contributed by atoms with E-state index in [1.807, 2.05) is 20.8 Å². The van der Waals surface area contributed by atoms with Gasteiger partial charge in [-0.3, -0.25) is 4.90 Å². The molecule has 2 aliphatic carbocycles. The Morgan fingerprint density at radius 1 is 1.24 bits per heavy atom. The van der Waals surface area contributed by atoms with Crippen LogP contribution in [0.1, 0.15) is 59.3 Å². The van der Waals surface area contributed by atoms with Gasteiger partial charge < -0.3 is 9.53 Å². The van der Waals surface area contributed by atoms with Crippen LogP contribution in [0.25, 0.3) is 0 Å². The summed E-state index contributed by atoms with van der Waals surface area (Å²) in [4.78, 5) is 25.9. The summed E-state index contributed by atoms with van der Waals surface area (Å²) in [6, 6.07) is -0.0605. The molecule has 0 spiro atoms. The Labute approximate surface area is 127 Å². The van der Waals surface area contributed by atoms with Crippen molar-refractivity contribution in [1.82, 2.24) is 4.90 Å². The van der Waals surface area contributed by atoms with Crippen molar-refractivity contribution in [3.63, 3.8) is 0 Å². The number of rotatable bonds is 3. The molecule has 21 heavy (non-hydrogen) atoms. The van der Waals surface area contributed by atoms with Gasteiger partial charge in [-0.2, -0.15) is 0 Å². The van der Waals surface area contributed by atoms with E-state index in [1.54, 1.807) is 4.90 Å². The number of carbonyl (C=O) groups is 2. The number of fused-ring (bicyclic) bond motifs is 3. The normalized spacial score (nSPS) is 35.7. The van der Waals surface area contributed by atoms with Gasteiger partial charge in [0.1, 0.15) is 11.9 Å². The van der Waals surface area contributed by atoms with Crippen molar-refractivity contribution in [2.45, 2.75) is 77.0 Å². The van der Waals surface area contributed by atoms with E-state index in [0.29, 0.717) is 11.8 Å². The molecule has 2 saturated heterocycles. The molecular weight excluding hydrogens is 266 g/mol. The lowest BCUT2D eigenvalue weighted by molar-refractivity contribution is -0.124. The Morgan fingerprint density at radius 2 is 1.95 bits per heavy atom. The monoisotopic (exact) mass is 293 g/mol. The van der Waals surface area contributed by atoms with E-state index in [9.17, 15) is 9.59 Å². The minimum absolute atomic E-state index is 0.209. The molecule has 4 aliphatic rings. The highest BCUT2D eigenvalue weighted by molar-refractivity contribution is 5.75. The summed E-state index contributed by atoms with van der Waals surface area (Å²) in [7, 11) is 0. The molecular formula is C17H27NO3. The quantitative estimate of drug-likeness (QED) is 0.749. The molecule has 3 unspecified atom stereocenters. The first-order valence-corrected chi connectivity index (χ1v) is 8.35. The summed E-state index contributed by atoms with van der Waals surface area (Å²) >= 11 is 0. The third-order valence-electron chi connectivity index (χ3n) is 5.22. The molecule has 118 valence electrons. The third-order valence-corrected chi connectivity index (χ3v) is 5.22. The van der Waals surface area contributed by atoms with E-state index in [1.165, 1.54) is 19.3 Å². The third kappa shape index (κ3) is 3.09. The molecule has 2 aliphatic heterocycles. The average Bonchev–Trinajstić information content (AvgIpc) is 3.20. The Bertz CT molecular complexity index is 424. The average molecular weight is 293 g/mol. The predicted octanol–water partition coefficient (Wildman–Crippen LogP) is 3.39. The zero-order valence-electron chi connectivity index (χ0n) is 13.4. The van der Waals surface area contributed by atoms with Crippen molar-refractivity contribution in [1.29, 1.82) is 0 Å². The van der Waals surface area contributed by atoms with Gasteiger partial charge >= 0.3 is 6.09 Å². The van der Waals surface area contributed by atoms with Crippen LogP contribution < -0.4 is 0 Å². The highest BCUT2D eigenvalue weighted by atomic mass is 16.6. The van der Waals surface area contributed by atoms with Gasteiger partial charge in [0, 0.05) is 6.04 Å². The van der Waals surface area contributed by atoms with Crippen LogP contribution in [0.5, 0.6) is 0 Å². The zero-order valence-corrected chi connectivity index (χ0v) is 13.4. The van der Waals surface area contributed by atoms with Crippen LogP contribution in [0.15, 0.2) is 0 Å². The number of amides is 1. The maximum atomic E-state index is 12.6. The van der Waals surface area contributed by atoms with Gasteiger partial charge in [0.25, 0.3) is 0 Å². The summed E-state index contributed by atoms with van der Waals surface area (Å²) in [5.41, 5.74) is -0.507. The van der Waals surface area contributed by atoms with E-state index in [-0.39, 0.29) is 18.2 Å². The standard InChI is InChI=1S/C17H27NO3/c1-17(2,3)21-16(20)18-14-7-6-12(15(18)10-19)9-13(14)8-11-4-5-11/h10-15H,4-9H2,1-3H3/t12?,13-,14?,15?/m0/s1. The lowest BCUT2D eigenvalue weighted by atomic mass is 9.67. The van der Waals surface area contributed by atoms with Crippen molar-refractivity contribution in [3.8, 4) is 0 Å². The smallest absolute Gasteiger partial charge is 0.411 e. The Kier molecular flexibility index (Phi) is 3.74. The Balaban J connectivity index is 1.77. The number of carbonyl (C=O) groups excluding carboxylic acids is 2. The van der Waals surface area contributed by atoms with E-state index < -0.39 is 5.60 Å². The SMILES string of the molecule is CC(C)(C)OC(=O)N1C(C=O)C2CCC1[C@@H](CC1CC1)C2. The molecule has 4 fully saturated rings. The van der Waals surface area contributed by atoms with E-state index >= 15 is 0 Å². The van der Waals surface area contributed by atoms with Gasteiger partial charge in [0.2, 0.25) is 0 Å². The molecule has 0 radical (unpaired) electrons. The summed E-state index contributed by atoms with van der Waals surface area (Å²) < 4.78 is 5.56. The summed E-state index contributed by atoms with van der Waals surface area (Å²) in [6.45, 7) is 5.64. The minimum atomic E-state index is -0.507. The van der Waals surface area contributed by atoms with E-state index in [4.69, 9.17) is 4.74 Å². The van der Waals surface area contributed by atoms with Gasteiger partial charge in [-0.05, 0) is 64.2 Å². The van der Waals surface area contributed by atoms with Crippen molar-refractivity contribution in [2.24, 2.45) is 17.8 Å². The van der Waals surface area contributed by atoms with Crippen LogP contribution in [0.3, 0.4) is 0 Å². The molecule has 0 aromatic carbocycles. The topological polar surface area (TPSA) is 46.6 Å². The fourth-order valence-corrected chi connectivity index (χ4v) is 4.19. The first kappa shape index (κ1) is 14.9. The second kappa shape index (κ2) is 5.29. The molecule has 4 heteroatoms. The zero-order chi connectivity index (χ0) is 15.2. The molecule has 2 bridgehead atoms. The number of ether oxygens (including phenoxy) is 1. The fraction of sp³-hybridized carbons (Fsp3) is 0.882. The first-order chi connectivity index (χ1) is 9.89. The lowest BCUT2D eigenvalue weighted by Crippen LogP contribution is -2.62. The number of nitrogens with zero attached hydrogens (tertiary/aromatic N) is 1. The predicted molar refractivity (Wildman–Crippen MR) is 79.9 cm³/mol. The number of hydrogen-bond acceptors (Lipinski definition) is 3. The Morgan fingerprint density at radius 3 is 2.52 bits per heavy atom. The van der Waals surface area contributed by atoms with Gasteiger partial charge in [-0.1, -0.05) is 12.8 Å². The maximum absolute atomic E-state index is 12.6. The molecule has 4 atom stereocenters. The van der Waals surface area contributed by atoms with Crippen LogP contribution in [0, 0.1) is 17.8 Å². The van der Waals surface area contributed by atoms with Crippen LogP contribution in [0.4, 0.5) is 4.79 Å². The minimum Gasteiger partial charge on any atom is -0.444 e. The largest absolute Gasteiger partial charge is 0.444 e. The molecule has 4 nitrogen and oxygen atoms in total. The second-order valence-corrected chi connectivity index (χ2v) is 8.09. The number of aldehydes is 1. The molecule has 0 aromatic heterocycles. The van der Waals surface area contributed by atoms with Crippen LogP contribution in [-0.4, -0.2) is 35.0 Å². The summed E-state index contributed by atoms with van der Waals surface area (Å²) in [5, 5.41) is 0. The summed E-state index contributed by atoms with van der Waals surface area (Å²) in [5.74, 6) is 1.77. The number of piperidine rings is 2. The van der Waals surface area contributed by atoms with Crippen LogP contribution in [-0.2, 0) is 9.53 Å². The molecule has 0 aromatic rings. The molecule has 0 N–H and O–H groups in total. The van der Waals surface area contributed by atoms with Gasteiger partial charge in [-0.15, -0.1) is 0 Å². The van der Waals surface area contributed by atoms with Crippen LogP contribution in [0.2, 0.25) is 0 Å². The Hall–Kier alpha value is -1.06. The van der Waals surface area contributed by atoms with Crippen molar-refractivity contribution >= 4 is 12.4 Å². The van der Waals surface area contributed by atoms with E-state index in [2.05, 4.69) is 0 Å². The van der Waals surface area contributed by atoms with Crippen molar-refractivity contribution in [3.05, 3.63) is 0 Å².